The molecule has 0 spiro atoms. The number of benzene rings is 5. The van der Waals surface area contributed by atoms with Gasteiger partial charge in [0.15, 0.2) is 23.0 Å². The summed E-state index contributed by atoms with van der Waals surface area (Å²) in [7, 11) is 0. The summed E-state index contributed by atoms with van der Waals surface area (Å²) < 4.78 is 12.9. The van der Waals surface area contributed by atoms with Crippen LogP contribution in [0.5, 0.6) is 23.0 Å². The van der Waals surface area contributed by atoms with Gasteiger partial charge in [-0.1, -0.05) is 92.3 Å². The van der Waals surface area contributed by atoms with Crippen LogP contribution in [0, 0.1) is 0 Å². The maximum atomic E-state index is 6.58. The van der Waals surface area contributed by atoms with E-state index in [1.54, 1.807) is 0 Å². The van der Waals surface area contributed by atoms with Gasteiger partial charge in [0.25, 0.3) is 0 Å². The maximum absolute atomic E-state index is 6.58. The number of hydrogen-bond donors (Lipinski definition) is 0. The number of ether oxygens (including phenoxy) is 2. The molecule has 0 atom stereocenters. The van der Waals surface area contributed by atoms with E-state index in [-0.39, 0.29) is 5.41 Å². The molecule has 0 unspecified atom stereocenters. The van der Waals surface area contributed by atoms with Gasteiger partial charge in [-0.25, -0.2) is 0 Å². The van der Waals surface area contributed by atoms with Crippen molar-refractivity contribution in [3.8, 4) is 34.3 Å². The fourth-order valence-corrected chi connectivity index (χ4v) is 7.56. The zero-order valence-corrected chi connectivity index (χ0v) is 24.6. The van der Waals surface area contributed by atoms with Crippen LogP contribution in [0.1, 0.15) is 25.0 Å². The molecule has 1 aromatic heterocycles. The molecule has 0 radical (unpaired) electrons. The molecule has 6 aromatic rings. The first-order valence-electron chi connectivity index (χ1n) is 14.4. The molecule has 0 aliphatic carbocycles. The highest BCUT2D eigenvalue weighted by Gasteiger charge is 2.36. The summed E-state index contributed by atoms with van der Waals surface area (Å²) in [5.74, 6) is 2.79. The lowest BCUT2D eigenvalue weighted by Gasteiger charge is -2.38. The highest BCUT2D eigenvalue weighted by molar-refractivity contribution is 7.99. The second kappa shape index (κ2) is 10.1. The number of nitrogens with zero attached hydrogens (tertiary/aromatic N) is 2. The lowest BCUT2D eigenvalue weighted by molar-refractivity contribution is 0.360. The number of rotatable bonds is 4. The van der Waals surface area contributed by atoms with Crippen LogP contribution >= 0.6 is 11.8 Å². The van der Waals surface area contributed by atoms with Crippen molar-refractivity contribution in [2.24, 2.45) is 0 Å². The van der Waals surface area contributed by atoms with Crippen molar-refractivity contribution in [1.29, 1.82) is 0 Å². The average molecular weight is 577 g/mol. The first-order chi connectivity index (χ1) is 21.1. The van der Waals surface area contributed by atoms with E-state index < -0.39 is 0 Å². The smallest absolute Gasteiger partial charge is 0.194 e. The van der Waals surface area contributed by atoms with E-state index in [4.69, 9.17) is 9.47 Å². The van der Waals surface area contributed by atoms with Crippen molar-refractivity contribution in [1.82, 2.24) is 4.98 Å². The fraction of sp³-hybridized carbons (Fsp3) is 0.0789. The normalized spacial score (nSPS) is 13.8. The zero-order chi connectivity index (χ0) is 29.0. The standard InChI is InChI=1S/C38H28N2O2S/c1-38(2)27-11-3-6-19-35(27)43-37-28(38)12-9-15-31(37)40(26-22-20-25(21-23-26)29-13-7-8-24-39-29)30-14-10-18-34-36(30)42-33-17-5-4-16-32(33)41-34/h3-24H,1-2H3. The number of anilines is 3. The number of aromatic nitrogens is 1. The second-order valence-corrected chi connectivity index (χ2v) is 12.3. The van der Waals surface area contributed by atoms with Crippen molar-refractivity contribution >= 4 is 28.8 Å². The summed E-state index contributed by atoms with van der Waals surface area (Å²) in [6.45, 7) is 4.64. The molecule has 0 saturated heterocycles. The minimum absolute atomic E-state index is 0.156. The second-order valence-electron chi connectivity index (χ2n) is 11.2. The Labute approximate surface area is 255 Å². The lowest BCUT2D eigenvalue weighted by Crippen LogP contribution is -2.25. The molecule has 0 fully saturated rings. The third-order valence-electron chi connectivity index (χ3n) is 8.25. The van der Waals surface area contributed by atoms with Crippen molar-refractivity contribution in [2.75, 3.05) is 4.90 Å². The summed E-state index contributed by atoms with van der Waals surface area (Å²) in [4.78, 5) is 9.37. The van der Waals surface area contributed by atoms with Gasteiger partial charge < -0.3 is 14.4 Å². The minimum Gasteiger partial charge on any atom is -0.449 e. The molecule has 2 aliphatic heterocycles. The molecule has 208 valence electrons. The van der Waals surface area contributed by atoms with Crippen LogP contribution in [0.25, 0.3) is 11.3 Å². The van der Waals surface area contributed by atoms with Gasteiger partial charge in [0.2, 0.25) is 0 Å². The molecule has 4 nitrogen and oxygen atoms in total. The summed E-state index contributed by atoms with van der Waals surface area (Å²) in [5.41, 5.74) is 7.51. The van der Waals surface area contributed by atoms with Gasteiger partial charge in [-0.2, -0.15) is 0 Å². The fourth-order valence-electron chi connectivity index (χ4n) is 6.06. The quantitative estimate of drug-likeness (QED) is 0.208. The molecular weight excluding hydrogens is 548 g/mol. The molecule has 43 heavy (non-hydrogen) atoms. The van der Waals surface area contributed by atoms with Crippen molar-refractivity contribution in [3.63, 3.8) is 0 Å². The van der Waals surface area contributed by atoms with Crippen LogP contribution < -0.4 is 14.4 Å². The Kier molecular flexibility index (Phi) is 6.02. The Morgan fingerprint density at radius 2 is 1.28 bits per heavy atom. The van der Waals surface area contributed by atoms with Crippen LogP contribution in [0.4, 0.5) is 17.1 Å². The molecule has 8 rings (SSSR count). The maximum Gasteiger partial charge on any atom is 0.194 e. The van der Waals surface area contributed by atoms with Gasteiger partial charge in [-0.05, 0) is 71.8 Å². The molecule has 5 heteroatoms. The Morgan fingerprint density at radius 3 is 2.09 bits per heavy atom. The van der Waals surface area contributed by atoms with Gasteiger partial charge in [0.05, 0.1) is 17.1 Å². The largest absolute Gasteiger partial charge is 0.449 e. The topological polar surface area (TPSA) is 34.6 Å². The van der Waals surface area contributed by atoms with Gasteiger partial charge in [-0.3, -0.25) is 4.98 Å². The molecular formula is C38H28N2O2S. The Hall–Kier alpha value is -5.00. The van der Waals surface area contributed by atoms with Crippen molar-refractivity contribution in [3.05, 3.63) is 145 Å². The number of hydrogen-bond acceptors (Lipinski definition) is 5. The zero-order valence-electron chi connectivity index (χ0n) is 23.8. The van der Waals surface area contributed by atoms with Gasteiger partial charge in [-0.15, -0.1) is 0 Å². The van der Waals surface area contributed by atoms with E-state index in [1.807, 2.05) is 72.6 Å². The number of para-hydroxylation sites is 3. The monoisotopic (exact) mass is 576 g/mol. The van der Waals surface area contributed by atoms with Crippen LogP contribution in [0.2, 0.25) is 0 Å². The van der Waals surface area contributed by atoms with Crippen LogP contribution in [-0.4, -0.2) is 4.98 Å². The summed E-state index contributed by atoms with van der Waals surface area (Å²) >= 11 is 1.83. The molecule has 5 aromatic carbocycles. The minimum atomic E-state index is -0.156. The summed E-state index contributed by atoms with van der Waals surface area (Å²) in [6, 6.07) is 43.9. The van der Waals surface area contributed by atoms with Crippen LogP contribution in [-0.2, 0) is 5.41 Å². The predicted octanol–water partition coefficient (Wildman–Crippen LogP) is 10.9. The third-order valence-corrected chi connectivity index (χ3v) is 9.46. The average Bonchev–Trinajstić information content (AvgIpc) is 3.05. The molecule has 3 heterocycles. The molecule has 0 bridgehead atoms. The number of fused-ring (bicyclic) bond motifs is 4. The predicted molar refractivity (Wildman–Crippen MR) is 174 cm³/mol. The Morgan fingerprint density at radius 1 is 0.605 bits per heavy atom. The van der Waals surface area contributed by atoms with Gasteiger partial charge in [0, 0.05) is 32.7 Å². The van der Waals surface area contributed by atoms with E-state index in [1.165, 1.54) is 20.9 Å². The van der Waals surface area contributed by atoms with Crippen molar-refractivity contribution < 1.29 is 9.47 Å². The molecule has 0 N–H and O–H groups in total. The third kappa shape index (κ3) is 4.27. The van der Waals surface area contributed by atoms with Crippen LogP contribution in [0.15, 0.2) is 143 Å². The lowest BCUT2D eigenvalue weighted by atomic mass is 9.77. The SMILES string of the molecule is CC1(C)c2ccccc2Sc2c(N(c3ccc(-c4ccccn4)cc3)c3cccc4c3Oc3ccccc3O4)cccc21. The number of pyridine rings is 1. The van der Waals surface area contributed by atoms with E-state index in [2.05, 4.69) is 96.5 Å². The molecule has 0 saturated carbocycles. The highest BCUT2D eigenvalue weighted by Crippen LogP contribution is 2.57. The van der Waals surface area contributed by atoms with Gasteiger partial charge in [0.1, 0.15) is 0 Å². The van der Waals surface area contributed by atoms with E-state index in [0.717, 1.165) is 28.3 Å². The first kappa shape index (κ1) is 25.7. The Bertz CT molecular complexity index is 1990. The van der Waals surface area contributed by atoms with E-state index in [0.29, 0.717) is 23.0 Å². The first-order valence-corrected chi connectivity index (χ1v) is 15.2. The molecule has 0 amide bonds. The van der Waals surface area contributed by atoms with E-state index >= 15 is 0 Å². The van der Waals surface area contributed by atoms with Crippen molar-refractivity contribution in [2.45, 2.75) is 29.1 Å². The highest BCUT2D eigenvalue weighted by atomic mass is 32.2. The van der Waals surface area contributed by atoms with Gasteiger partial charge >= 0.3 is 0 Å². The Balaban J connectivity index is 1.33. The van der Waals surface area contributed by atoms with Crippen LogP contribution in [0.3, 0.4) is 0 Å². The summed E-state index contributed by atoms with van der Waals surface area (Å²) in [6.07, 6.45) is 1.83. The molecule has 2 aliphatic rings. The summed E-state index contributed by atoms with van der Waals surface area (Å²) in [5, 5.41) is 0. The van der Waals surface area contributed by atoms with E-state index in [9.17, 15) is 0 Å².